The number of H-pyrrole nitrogens is 1. The van der Waals surface area contributed by atoms with Crippen molar-refractivity contribution >= 4 is 10.9 Å². The Balaban J connectivity index is 1.47. The number of hydrogen-bond donors (Lipinski definition) is 1. The third-order valence-electron chi connectivity index (χ3n) is 6.63. The van der Waals surface area contributed by atoms with Crippen LogP contribution in [0.3, 0.4) is 0 Å². The van der Waals surface area contributed by atoms with Crippen LogP contribution in [0.1, 0.15) is 69.4 Å². The van der Waals surface area contributed by atoms with Crippen LogP contribution in [0.25, 0.3) is 10.9 Å². The fourth-order valence-electron chi connectivity index (χ4n) is 4.47. The van der Waals surface area contributed by atoms with Gasteiger partial charge in [0.25, 0.3) is 0 Å². The van der Waals surface area contributed by atoms with Crippen molar-refractivity contribution in [2.75, 3.05) is 6.61 Å². The molecule has 0 saturated heterocycles. The molecule has 1 fully saturated rings. The van der Waals surface area contributed by atoms with Crippen molar-refractivity contribution in [3.63, 3.8) is 0 Å². The maximum Gasteiger partial charge on any atom is 0.203 e. The molecule has 1 saturated carbocycles. The van der Waals surface area contributed by atoms with Crippen LogP contribution in [-0.2, 0) is 11.2 Å². The monoisotopic (exact) mass is 405 g/mol. The molecule has 0 radical (unpaired) electrons. The van der Waals surface area contributed by atoms with Crippen LogP contribution in [0, 0.1) is 5.92 Å². The first-order valence-corrected chi connectivity index (χ1v) is 11.7. The summed E-state index contributed by atoms with van der Waals surface area (Å²) in [6.07, 6.45) is 10.3. The number of benzene rings is 2. The molecule has 1 aromatic heterocycles. The van der Waals surface area contributed by atoms with Crippen molar-refractivity contribution in [2.24, 2.45) is 5.92 Å². The standard InChI is InChI=1S/C27H35NO2/c1-3-20(2)22-13-15-24(16-14-22)30-27(29-19-21-9-5-4-6-10-21)17-23-18-28-26-12-8-7-11-25(23)26/h7-8,11-16,18,20-21,27-28H,3-6,9-10,17,19H2,1-2H3. The first kappa shape index (κ1) is 21.0. The Labute approximate surface area is 180 Å². The lowest BCUT2D eigenvalue weighted by molar-refractivity contribution is -0.0932. The van der Waals surface area contributed by atoms with Crippen molar-refractivity contribution in [3.8, 4) is 5.75 Å². The summed E-state index contributed by atoms with van der Waals surface area (Å²) in [7, 11) is 0. The molecule has 0 spiro atoms. The summed E-state index contributed by atoms with van der Waals surface area (Å²) in [6, 6.07) is 17.0. The van der Waals surface area contributed by atoms with E-state index in [2.05, 4.69) is 73.6 Å². The molecule has 2 atom stereocenters. The molecule has 0 aliphatic heterocycles. The second kappa shape index (κ2) is 10.2. The van der Waals surface area contributed by atoms with Gasteiger partial charge in [-0.3, -0.25) is 0 Å². The number of nitrogens with one attached hydrogen (secondary N) is 1. The largest absolute Gasteiger partial charge is 0.465 e. The molecule has 0 amide bonds. The first-order valence-electron chi connectivity index (χ1n) is 11.7. The van der Waals surface area contributed by atoms with E-state index in [0.717, 1.165) is 30.7 Å². The zero-order valence-electron chi connectivity index (χ0n) is 18.4. The lowest BCUT2D eigenvalue weighted by Crippen LogP contribution is -2.27. The number of fused-ring (bicyclic) bond motifs is 1. The second-order valence-electron chi connectivity index (χ2n) is 8.83. The van der Waals surface area contributed by atoms with Gasteiger partial charge in [-0.05, 0) is 60.4 Å². The number of hydrogen-bond acceptors (Lipinski definition) is 2. The van der Waals surface area contributed by atoms with Gasteiger partial charge in [0.05, 0.1) is 6.61 Å². The van der Waals surface area contributed by atoms with Crippen LogP contribution in [0.15, 0.2) is 54.7 Å². The molecule has 30 heavy (non-hydrogen) atoms. The van der Waals surface area contributed by atoms with E-state index in [-0.39, 0.29) is 6.29 Å². The lowest BCUT2D eigenvalue weighted by atomic mass is 9.90. The van der Waals surface area contributed by atoms with E-state index in [1.54, 1.807) is 0 Å². The molecular formula is C27H35NO2. The van der Waals surface area contributed by atoms with E-state index in [1.165, 1.54) is 48.6 Å². The molecule has 3 aromatic rings. The van der Waals surface area contributed by atoms with Crippen molar-refractivity contribution < 1.29 is 9.47 Å². The second-order valence-corrected chi connectivity index (χ2v) is 8.83. The summed E-state index contributed by atoms with van der Waals surface area (Å²) in [5, 5.41) is 1.25. The average Bonchev–Trinajstić information content (AvgIpc) is 3.21. The Morgan fingerprint density at radius 3 is 2.53 bits per heavy atom. The van der Waals surface area contributed by atoms with Gasteiger partial charge in [-0.1, -0.05) is 63.4 Å². The third-order valence-corrected chi connectivity index (χ3v) is 6.63. The molecule has 0 bridgehead atoms. The van der Waals surface area contributed by atoms with Gasteiger partial charge >= 0.3 is 0 Å². The smallest absolute Gasteiger partial charge is 0.203 e. The SMILES string of the molecule is CCC(C)c1ccc(OC(Cc2c[nH]c3ccccc23)OCC2CCCCC2)cc1. The molecular weight excluding hydrogens is 370 g/mol. The number of rotatable bonds is 9. The normalized spacial score (nSPS) is 17.1. The van der Waals surface area contributed by atoms with Gasteiger partial charge in [-0.25, -0.2) is 0 Å². The van der Waals surface area contributed by atoms with Crippen LogP contribution in [0.2, 0.25) is 0 Å². The summed E-state index contributed by atoms with van der Waals surface area (Å²) in [6.45, 7) is 5.28. The maximum absolute atomic E-state index is 6.37. The summed E-state index contributed by atoms with van der Waals surface area (Å²) < 4.78 is 12.7. The van der Waals surface area contributed by atoms with Gasteiger partial charge in [0.15, 0.2) is 0 Å². The van der Waals surface area contributed by atoms with Gasteiger partial charge in [-0.15, -0.1) is 0 Å². The van der Waals surface area contributed by atoms with E-state index in [1.807, 2.05) is 0 Å². The average molecular weight is 406 g/mol. The van der Waals surface area contributed by atoms with Gasteiger partial charge in [0, 0.05) is 23.5 Å². The van der Waals surface area contributed by atoms with Crippen LogP contribution in [0.5, 0.6) is 5.75 Å². The Morgan fingerprint density at radius 2 is 1.77 bits per heavy atom. The topological polar surface area (TPSA) is 34.2 Å². The highest BCUT2D eigenvalue weighted by molar-refractivity contribution is 5.83. The van der Waals surface area contributed by atoms with E-state index in [0.29, 0.717) is 11.8 Å². The quantitative estimate of drug-likeness (QED) is 0.381. The molecule has 1 heterocycles. The van der Waals surface area contributed by atoms with Crippen LogP contribution >= 0.6 is 0 Å². The minimum absolute atomic E-state index is 0.277. The van der Waals surface area contributed by atoms with Crippen LogP contribution < -0.4 is 4.74 Å². The van der Waals surface area contributed by atoms with Gasteiger partial charge in [-0.2, -0.15) is 0 Å². The Kier molecular flexibility index (Phi) is 7.11. The van der Waals surface area contributed by atoms with Gasteiger partial charge in [0.1, 0.15) is 5.75 Å². The third kappa shape index (κ3) is 5.26. The molecule has 1 aliphatic carbocycles. The van der Waals surface area contributed by atoms with Crippen LogP contribution in [-0.4, -0.2) is 17.9 Å². The summed E-state index contributed by atoms with van der Waals surface area (Å²) in [4.78, 5) is 3.38. The van der Waals surface area contributed by atoms with Gasteiger partial charge < -0.3 is 14.5 Å². The highest BCUT2D eigenvalue weighted by Crippen LogP contribution is 2.27. The summed E-state index contributed by atoms with van der Waals surface area (Å²) >= 11 is 0. The highest BCUT2D eigenvalue weighted by Gasteiger charge is 2.19. The maximum atomic E-state index is 6.37. The molecule has 3 heteroatoms. The highest BCUT2D eigenvalue weighted by atomic mass is 16.7. The Bertz CT molecular complexity index is 908. The predicted molar refractivity (Wildman–Crippen MR) is 124 cm³/mol. The molecule has 3 nitrogen and oxygen atoms in total. The molecule has 2 unspecified atom stereocenters. The Morgan fingerprint density at radius 1 is 1.00 bits per heavy atom. The van der Waals surface area contributed by atoms with E-state index in [4.69, 9.17) is 9.47 Å². The molecule has 1 aliphatic rings. The van der Waals surface area contributed by atoms with E-state index < -0.39 is 0 Å². The van der Waals surface area contributed by atoms with Gasteiger partial charge in [0.2, 0.25) is 6.29 Å². The lowest BCUT2D eigenvalue weighted by Gasteiger charge is -2.25. The molecule has 4 rings (SSSR count). The van der Waals surface area contributed by atoms with Crippen molar-refractivity contribution in [2.45, 2.75) is 71.0 Å². The number of para-hydroxylation sites is 1. The predicted octanol–water partition coefficient (Wildman–Crippen LogP) is 7.23. The first-order chi connectivity index (χ1) is 14.7. The van der Waals surface area contributed by atoms with Crippen molar-refractivity contribution in [1.29, 1.82) is 0 Å². The summed E-state index contributed by atoms with van der Waals surface area (Å²) in [5.74, 6) is 2.12. The number of ether oxygens (including phenoxy) is 2. The van der Waals surface area contributed by atoms with Crippen molar-refractivity contribution in [3.05, 3.63) is 65.9 Å². The van der Waals surface area contributed by atoms with Crippen LogP contribution in [0.4, 0.5) is 0 Å². The fourth-order valence-corrected chi connectivity index (χ4v) is 4.47. The van der Waals surface area contributed by atoms with E-state index >= 15 is 0 Å². The minimum Gasteiger partial charge on any atom is -0.465 e. The molecule has 160 valence electrons. The Hall–Kier alpha value is -2.26. The zero-order chi connectivity index (χ0) is 20.8. The van der Waals surface area contributed by atoms with E-state index in [9.17, 15) is 0 Å². The summed E-state index contributed by atoms with van der Waals surface area (Å²) in [5.41, 5.74) is 3.77. The van der Waals surface area contributed by atoms with Crippen molar-refractivity contribution in [1.82, 2.24) is 4.98 Å². The number of aromatic amines is 1. The zero-order valence-corrected chi connectivity index (χ0v) is 18.4. The minimum atomic E-state index is -0.277. The number of aromatic nitrogens is 1. The fraction of sp³-hybridized carbons (Fsp3) is 0.481. The molecule has 2 aromatic carbocycles. The molecule has 1 N–H and O–H groups in total.